The van der Waals surface area contributed by atoms with Gasteiger partial charge in [0.2, 0.25) is 0 Å². The Hall–Kier alpha value is -2.98. The molecular weight excluding hydrogens is 518 g/mol. The summed E-state index contributed by atoms with van der Waals surface area (Å²) < 4.78 is 19.0. The third-order valence-electron chi connectivity index (χ3n) is 6.70. The lowest BCUT2D eigenvalue weighted by molar-refractivity contribution is -0.110. The number of nitrogens with zero attached hydrogens (tertiary/aromatic N) is 3. The number of rotatable bonds is 7. The Balaban J connectivity index is 0.00000320. The average molecular weight is 547 g/mol. The lowest BCUT2D eigenvalue weighted by Gasteiger charge is -2.26. The van der Waals surface area contributed by atoms with Gasteiger partial charge in [-0.2, -0.15) is 0 Å². The Kier molecular flexibility index (Phi) is 8.49. The number of aromatic amines is 1. The van der Waals surface area contributed by atoms with Crippen molar-refractivity contribution in [2.45, 2.75) is 26.7 Å². The molecule has 11 heteroatoms. The summed E-state index contributed by atoms with van der Waals surface area (Å²) in [6.07, 6.45) is 5.23. The normalized spacial score (nSPS) is 16.4. The number of H-pyrrole nitrogens is 1. The second-order valence-corrected chi connectivity index (χ2v) is 9.44. The molecule has 0 unspecified atom stereocenters. The van der Waals surface area contributed by atoms with Gasteiger partial charge in [-0.25, -0.2) is 14.4 Å². The van der Waals surface area contributed by atoms with Crippen molar-refractivity contribution in [2.24, 2.45) is 0 Å². The fraction of sp³-hybridized carbons (Fsp3) is 0.346. The number of amides is 1. The van der Waals surface area contributed by atoms with Gasteiger partial charge < -0.3 is 20.4 Å². The van der Waals surface area contributed by atoms with Crippen LogP contribution in [0.2, 0.25) is 5.02 Å². The highest BCUT2D eigenvalue weighted by Crippen LogP contribution is 2.38. The van der Waals surface area contributed by atoms with E-state index in [1.807, 2.05) is 6.08 Å². The second kappa shape index (κ2) is 11.6. The zero-order chi connectivity index (χ0) is 25.2. The number of ether oxygens (including phenoxy) is 1. The number of fused-ring (bicyclic) bond motifs is 1. The molecule has 2 aliphatic heterocycles. The molecule has 1 fully saturated rings. The van der Waals surface area contributed by atoms with Gasteiger partial charge in [-0.05, 0) is 68.6 Å². The van der Waals surface area contributed by atoms with Gasteiger partial charge in [-0.1, -0.05) is 11.6 Å². The van der Waals surface area contributed by atoms with E-state index in [0.717, 1.165) is 62.6 Å². The average Bonchev–Trinajstić information content (AvgIpc) is 3.33. The van der Waals surface area contributed by atoms with Crippen LogP contribution in [0.3, 0.4) is 0 Å². The van der Waals surface area contributed by atoms with Crippen molar-refractivity contribution >= 4 is 58.9 Å². The minimum atomic E-state index is -0.508. The Morgan fingerprint density at radius 2 is 2.03 bits per heavy atom. The Morgan fingerprint density at radius 3 is 2.78 bits per heavy atom. The summed E-state index contributed by atoms with van der Waals surface area (Å²) in [6, 6.07) is 4.31. The topological polar surface area (TPSA) is 95.2 Å². The molecule has 1 saturated heterocycles. The highest BCUT2D eigenvalue weighted by Gasteiger charge is 2.30. The molecule has 0 bridgehead atoms. The van der Waals surface area contributed by atoms with E-state index in [1.165, 1.54) is 24.0 Å². The molecule has 2 aromatic heterocycles. The van der Waals surface area contributed by atoms with E-state index < -0.39 is 5.82 Å². The van der Waals surface area contributed by atoms with Crippen molar-refractivity contribution in [1.29, 1.82) is 0 Å². The van der Waals surface area contributed by atoms with Gasteiger partial charge in [0.05, 0.1) is 29.4 Å². The summed E-state index contributed by atoms with van der Waals surface area (Å²) in [5.74, 6) is 0.0830. The van der Waals surface area contributed by atoms with E-state index in [1.54, 1.807) is 6.07 Å². The number of nitrogens with one attached hydrogen (secondary N) is 3. The van der Waals surface area contributed by atoms with Crippen molar-refractivity contribution in [3.8, 4) is 0 Å². The van der Waals surface area contributed by atoms with Gasteiger partial charge in [0.25, 0.3) is 5.91 Å². The van der Waals surface area contributed by atoms with E-state index in [4.69, 9.17) is 16.3 Å². The number of benzene rings is 1. The van der Waals surface area contributed by atoms with Crippen LogP contribution in [0.5, 0.6) is 0 Å². The molecule has 8 nitrogen and oxygen atoms in total. The molecule has 37 heavy (non-hydrogen) atoms. The maximum atomic E-state index is 13.6. The molecular formula is C26H29Cl2FN6O2. The van der Waals surface area contributed by atoms with Crippen LogP contribution in [-0.4, -0.2) is 58.6 Å². The number of halogens is 3. The molecule has 0 aliphatic carbocycles. The van der Waals surface area contributed by atoms with E-state index in [0.29, 0.717) is 28.5 Å². The van der Waals surface area contributed by atoms with Gasteiger partial charge >= 0.3 is 0 Å². The van der Waals surface area contributed by atoms with Crippen LogP contribution in [0, 0.1) is 19.7 Å². The van der Waals surface area contributed by atoms with Gasteiger partial charge in [0, 0.05) is 30.2 Å². The van der Waals surface area contributed by atoms with Gasteiger partial charge in [0.1, 0.15) is 23.8 Å². The number of hydrogen-bond acceptors (Lipinski definition) is 6. The van der Waals surface area contributed by atoms with Crippen LogP contribution in [-0.2, 0) is 16.0 Å². The first kappa shape index (κ1) is 27.1. The maximum Gasteiger partial charge on any atom is 0.257 e. The summed E-state index contributed by atoms with van der Waals surface area (Å²) in [5.41, 5.74) is 5.94. The van der Waals surface area contributed by atoms with Crippen LogP contribution in [0.15, 0.2) is 24.5 Å². The molecule has 1 amide bonds. The van der Waals surface area contributed by atoms with Crippen LogP contribution in [0.1, 0.15) is 34.5 Å². The third-order valence-corrected chi connectivity index (χ3v) is 6.99. The highest BCUT2D eigenvalue weighted by atomic mass is 35.5. The predicted octanol–water partition coefficient (Wildman–Crippen LogP) is 5.14. The molecule has 1 aromatic carbocycles. The molecule has 0 atom stereocenters. The zero-order valence-electron chi connectivity index (χ0n) is 20.7. The van der Waals surface area contributed by atoms with Crippen LogP contribution in [0.25, 0.3) is 11.6 Å². The van der Waals surface area contributed by atoms with Crippen molar-refractivity contribution in [3.63, 3.8) is 0 Å². The molecule has 4 heterocycles. The molecule has 2 aliphatic rings. The lowest BCUT2D eigenvalue weighted by atomic mass is 10.0. The lowest BCUT2D eigenvalue weighted by Crippen LogP contribution is -2.36. The van der Waals surface area contributed by atoms with E-state index >= 15 is 0 Å². The molecule has 5 rings (SSSR count). The number of aromatic nitrogens is 3. The summed E-state index contributed by atoms with van der Waals surface area (Å²) in [7, 11) is 0. The summed E-state index contributed by atoms with van der Waals surface area (Å²) in [4.78, 5) is 27.4. The smallest absolute Gasteiger partial charge is 0.257 e. The van der Waals surface area contributed by atoms with E-state index in [2.05, 4.69) is 44.3 Å². The fourth-order valence-corrected chi connectivity index (χ4v) is 4.93. The third kappa shape index (κ3) is 5.80. The minimum absolute atomic E-state index is 0. The molecule has 3 N–H and O–H groups in total. The summed E-state index contributed by atoms with van der Waals surface area (Å²) >= 11 is 5.93. The molecule has 196 valence electrons. The standard InChI is InChI=1S/C26H28ClFN6O2.ClH/c1-15-18(4-3-7-34-8-10-36-11-9-34)16(2)31-22(15)13-19-23-24(29-14-30-25(23)33-26(19)35)32-17-5-6-21(28)20(27)12-17;/h5-6,12-14,31H,3-4,7-11H2,1-2H3,(H2,29,30,32,33,35);1H/b19-13-;. The Labute approximate surface area is 226 Å². The van der Waals surface area contributed by atoms with E-state index in [-0.39, 0.29) is 23.3 Å². The number of carbonyl (C=O) groups excluding carboxylic acids is 1. The van der Waals surface area contributed by atoms with Crippen molar-refractivity contribution in [1.82, 2.24) is 19.9 Å². The highest BCUT2D eigenvalue weighted by molar-refractivity contribution is 6.35. The monoisotopic (exact) mass is 546 g/mol. The van der Waals surface area contributed by atoms with Crippen LogP contribution in [0.4, 0.5) is 21.7 Å². The quantitative estimate of drug-likeness (QED) is 0.355. The van der Waals surface area contributed by atoms with Crippen molar-refractivity contribution < 1.29 is 13.9 Å². The molecule has 0 radical (unpaired) electrons. The van der Waals surface area contributed by atoms with Crippen molar-refractivity contribution in [2.75, 3.05) is 43.5 Å². The first-order valence-corrected chi connectivity index (χ1v) is 12.4. The number of carbonyl (C=O) groups is 1. The Bertz CT molecular complexity index is 1340. The Morgan fingerprint density at radius 1 is 1.24 bits per heavy atom. The van der Waals surface area contributed by atoms with Gasteiger partial charge in [-0.15, -0.1) is 12.4 Å². The summed E-state index contributed by atoms with van der Waals surface area (Å²) in [5, 5.41) is 5.95. The van der Waals surface area contributed by atoms with Gasteiger partial charge in [0.15, 0.2) is 0 Å². The van der Waals surface area contributed by atoms with Crippen LogP contribution >= 0.6 is 24.0 Å². The zero-order valence-corrected chi connectivity index (χ0v) is 22.2. The second-order valence-electron chi connectivity index (χ2n) is 9.04. The maximum absolute atomic E-state index is 13.6. The van der Waals surface area contributed by atoms with Crippen molar-refractivity contribution in [3.05, 3.63) is 63.4 Å². The number of anilines is 3. The molecule has 3 aromatic rings. The van der Waals surface area contributed by atoms with E-state index in [9.17, 15) is 9.18 Å². The van der Waals surface area contributed by atoms with Crippen LogP contribution < -0.4 is 10.6 Å². The minimum Gasteiger partial charge on any atom is -0.379 e. The fourth-order valence-electron chi connectivity index (χ4n) is 4.75. The SMILES string of the molecule is Cc1[nH]c(/C=C2\C(=O)Nc3ncnc(Nc4ccc(F)c(Cl)c4)c32)c(C)c1CCCN1CCOCC1.Cl. The summed E-state index contributed by atoms with van der Waals surface area (Å²) in [6.45, 7) is 8.76. The first-order chi connectivity index (χ1) is 17.4. The largest absolute Gasteiger partial charge is 0.379 e. The molecule has 0 saturated carbocycles. The number of aryl methyl sites for hydroxylation is 1. The predicted molar refractivity (Wildman–Crippen MR) is 146 cm³/mol. The van der Waals surface area contributed by atoms with Gasteiger partial charge in [-0.3, -0.25) is 9.69 Å². The molecule has 0 spiro atoms. The number of hydrogen-bond donors (Lipinski definition) is 3. The first-order valence-electron chi connectivity index (χ1n) is 12.0. The number of morpholine rings is 1.